The smallest absolute Gasteiger partial charge is 0.410 e. The molecule has 5 nitrogen and oxygen atoms in total. The molecule has 1 atom stereocenters. The summed E-state index contributed by atoms with van der Waals surface area (Å²) in [5, 5.41) is 9.24. The molecule has 0 fully saturated rings. The van der Waals surface area contributed by atoms with Crippen LogP contribution in [-0.2, 0) is 11.3 Å². The van der Waals surface area contributed by atoms with Gasteiger partial charge in [0.15, 0.2) is 0 Å². The minimum atomic E-state index is -0.968. The fourth-order valence-electron chi connectivity index (χ4n) is 4.65. The van der Waals surface area contributed by atoms with E-state index < -0.39 is 5.97 Å². The van der Waals surface area contributed by atoms with Gasteiger partial charge in [-0.2, -0.15) is 0 Å². The molecule has 150 valence electrons. The van der Waals surface area contributed by atoms with Gasteiger partial charge in [-0.3, -0.25) is 4.90 Å². The number of ether oxygens (including phenoxy) is 1. The molecule has 3 aromatic carbocycles. The highest BCUT2D eigenvalue weighted by atomic mass is 16.6. The van der Waals surface area contributed by atoms with Gasteiger partial charge in [-0.15, -0.1) is 0 Å². The third-order valence-corrected chi connectivity index (χ3v) is 6.22. The number of carbonyl (C=O) groups is 2. The van der Waals surface area contributed by atoms with Gasteiger partial charge in [0.25, 0.3) is 0 Å². The maximum Gasteiger partial charge on any atom is 0.410 e. The van der Waals surface area contributed by atoms with Crippen LogP contribution >= 0.6 is 0 Å². The molecule has 0 radical (unpaired) electrons. The van der Waals surface area contributed by atoms with Gasteiger partial charge < -0.3 is 9.84 Å². The molecule has 5 heteroatoms. The normalized spacial score (nSPS) is 16.7. The summed E-state index contributed by atoms with van der Waals surface area (Å²) < 4.78 is 5.77. The van der Waals surface area contributed by atoms with Crippen LogP contribution in [0.3, 0.4) is 0 Å². The molecule has 3 aromatic rings. The molecule has 0 saturated carbocycles. The van der Waals surface area contributed by atoms with Crippen LogP contribution < -0.4 is 0 Å². The van der Waals surface area contributed by atoms with E-state index in [4.69, 9.17) is 4.74 Å². The summed E-state index contributed by atoms with van der Waals surface area (Å²) in [5.74, 6) is -0.954. The first kappa shape index (κ1) is 18.4. The number of hydrogen-bond acceptors (Lipinski definition) is 3. The number of benzene rings is 3. The van der Waals surface area contributed by atoms with Crippen LogP contribution in [0.25, 0.3) is 11.1 Å². The van der Waals surface area contributed by atoms with E-state index >= 15 is 0 Å². The highest BCUT2D eigenvalue weighted by Gasteiger charge is 2.34. The van der Waals surface area contributed by atoms with Crippen molar-refractivity contribution in [2.45, 2.75) is 25.4 Å². The Morgan fingerprint density at radius 2 is 1.60 bits per heavy atom. The Morgan fingerprint density at radius 3 is 2.23 bits per heavy atom. The van der Waals surface area contributed by atoms with Gasteiger partial charge in [0.2, 0.25) is 0 Å². The Morgan fingerprint density at radius 1 is 0.967 bits per heavy atom. The zero-order valence-electron chi connectivity index (χ0n) is 16.5. The number of aromatic carboxylic acids is 1. The summed E-state index contributed by atoms with van der Waals surface area (Å²) in [6.45, 7) is 2.60. The van der Waals surface area contributed by atoms with Gasteiger partial charge in [0, 0.05) is 12.5 Å². The van der Waals surface area contributed by atoms with Crippen molar-refractivity contribution in [3.63, 3.8) is 0 Å². The van der Waals surface area contributed by atoms with Crippen molar-refractivity contribution in [1.82, 2.24) is 4.90 Å². The molecule has 1 aliphatic heterocycles. The van der Waals surface area contributed by atoms with Crippen LogP contribution in [0, 0.1) is 0 Å². The number of carbonyl (C=O) groups excluding carboxylic acids is 1. The average molecular weight is 399 g/mol. The second-order valence-electron chi connectivity index (χ2n) is 7.83. The highest BCUT2D eigenvalue weighted by molar-refractivity contribution is 5.88. The second kappa shape index (κ2) is 7.02. The van der Waals surface area contributed by atoms with E-state index in [1.807, 2.05) is 31.2 Å². The van der Waals surface area contributed by atoms with Crippen LogP contribution in [0.1, 0.15) is 51.5 Å². The van der Waals surface area contributed by atoms with Crippen molar-refractivity contribution in [3.05, 3.63) is 94.5 Å². The third kappa shape index (κ3) is 2.86. The molecule has 1 N–H and O–H groups in total. The Balaban J connectivity index is 1.34. The van der Waals surface area contributed by atoms with E-state index in [0.29, 0.717) is 6.54 Å². The van der Waals surface area contributed by atoms with E-state index in [0.717, 1.165) is 11.1 Å². The largest absolute Gasteiger partial charge is 0.478 e. The average Bonchev–Trinajstić information content (AvgIpc) is 3.27. The Bertz CT molecular complexity index is 1120. The van der Waals surface area contributed by atoms with Gasteiger partial charge in [-0.25, -0.2) is 9.59 Å². The minimum Gasteiger partial charge on any atom is -0.478 e. The van der Waals surface area contributed by atoms with Gasteiger partial charge in [0.05, 0.1) is 11.6 Å². The maximum absolute atomic E-state index is 12.9. The number of carboxylic acids is 1. The van der Waals surface area contributed by atoms with Gasteiger partial charge in [0.1, 0.15) is 6.61 Å². The first-order valence-electron chi connectivity index (χ1n) is 10.0. The maximum atomic E-state index is 12.9. The van der Waals surface area contributed by atoms with E-state index in [1.165, 1.54) is 22.3 Å². The third-order valence-electron chi connectivity index (χ3n) is 6.22. The zero-order valence-corrected chi connectivity index (χ0v) is 16.5. The predicted octanol–water partition coefficient (Wildman–Crippen LogP) is 5.21. The van der Waals surface area contributed by atoms with Gasteiger partial charge in [-0.1, -0.05) is 54.6 Å². The first-order chi connectivity index (χ1) is 14.5. The lowest BCUT2D eigenvalue weighted by molar-refractivity contribution is 0.0696. The molecule has 0 saturated heterocycles. The number of carboxylic acid groups (broad SMARTS) is 1. The second-order valence-corrected chi connectivity index (χ2v) is 7.83. The van der Waals surface area contributed by atoms with Gasteiger partial charge >= 0.3 is 12.1 Å². The van der Waals surface area contributed by atoms with E-state index in [2.05, 4.69) is 24.3 Å². The van der Waals surface area contributed by atoms with E-state index in [9.17, 15) is 14.7 Å². The number of hydrogen-bond donors (Lipinski definition) is 1. The molecule has 1 unspecified atom stereocenters. The molecule has 30 heavy (non-hydrogen) atoms. The van der Waals surface area contributed by atoms with Crippen molar-refractivity contribution in [3.8, 4) is 11.1 Å². The number of rotatable bonds is 3. The Kier molecular flexibility index (Phi) is 4.31. The lowest BCUT2D eigenvalue weighted by Gasteiger charge is -2.23. The minimum absolute atomic E-state index is 0.0141. The van der Waals surface area contributed by atoms with Crippen molar-refractivity contribution in [2.75, 3.05) is 6.61 Å². The van der Waals surface area contributed by atoms with Crippen LogP contribution in [-0.4, -0.2) is 28.7 Å². The molecule has 2 aliphatic rings. The SMILES string of the molecule is CC1c2cc(C(=O)O)ccc2CN1C(=O)OCC1c2ccccc2-c2ccccc21. The van der Waals surface area contributed by atoms with Crippen LogP contribution in [0.15, 0.2) is 66.7 Å². The molecular formula is C25H21NO4. The predicted molar refractivity (Wildman–Crippen MR) is 112 cm³/mol. The highest BCUT2D eigenvalue weighted by Crippen LogP contribution is 2.44. The summed E-state index contributed by atoms with van der Waals surface area (Å²) in [6, 6.07) is 21.3. The summed E-state index contributed by atoms with van der Waals surface area (Å²) >= 11 is 0. The van der Waals surface area contributed by atoms with E-state index in [1.54, 1.807) is 23.1 Å². The topological polar surface area (TPSA) is 66.8 Å². The fraction of sp³-hybridized carbons (Fsp3) is 0.200. The van der Waals surface area contributed by atoms with Crippen molar-refractivity contribution >= 4 is 12.1 Å². The summed E-state index contributed by atoms with van der Waals surface area (Å²) in [6.07, 6.45) is -0.377. The molecule has 1 heterocycles. The lowest BCUT2D eigenvalue weighted by atomic mass is 9.98. The Hall–Kier alpha value is -3.60. The summed E-state index contributed by atoms with van der Waals surface area (Å²) in [5.41, 5.74) is 6.79. The van der Waals surface area contributed by atoms with Crippen LogP contribution in [0.5, 0.6) is 0 Å². The summed E-state index contributed by atoms with van der Waals surface area (Å²) in [7, 11) is 0. The molecular weight excluding hydrogens is 378 g/mol. The molecule has 1 aliphatic carbocycles. The fourth-order valence-corrected chi connectivity index (χ4v) is 4.65. The number of fused-ring (bicyclic) bond motifs is 4. The van der Waals surface area contributed by atoms with Crippen molar-refractivity contribution in [2.24, 2.45) is 0 Å². The monoisotopic (exact) mass is 399 g/mol. The lowest BCUT2D eigenvalue weighted by Crippen LogP contribution is -2.30. The first-order valence-corrected chi connectivity index (χ1v) is 10.0. The molecule has 5 rings (SSSR count). The van der Waals surface area contributed by atoms with E-state index in [-0.39, 0.29) is 30.2 Å². The quantitative estimate of drug-likeness (QED) is 0.656. The van der Waals surface area contributed by atoms with Crippen LogP contribution in [0.2, 0.25) is 0 Å². The molecule has 0 spiro atoms. The van der Waals surface area contributed by atoms with Crippen molar-refractivity contribution in [1.29, 1.82) is 0 Å². The summed E-state index contributed by atoms with van der Waals surface area (Å²) in [4.78, 5) is 25.8. The standard InChI is InChI=1S/C25H21NO4/c1-15-22-12-16(24(27)28)10-11-17(22)13-26(15)25(29)30-14-23-20-8-4-2-6-18(20)19-7-3-5-9-21(19)23/h2-12,15,23H,13-14H2,1H3,(H,27,28). The van der Waals surface area contributed by atoms with Crippen LogP contribution in [0.4, 0.5) is 4.79 Å². The number of nitrogens with zero attached hydrogens (tertiary/aromatic N) is 1. The molecule has 1 amide bonds. The molecule has 0 bridgehead atoms. The molecule has 0 aromatic heterocycles. The van der Waals surface area contributed by atoms with Crippen molar-refractivity contribution < 1.29 is 19.4 Å². The number of amides is 1. The Labute approximate surface area is 174 Å². The zero-order chi connectivity index (χ0) is 20.8. The van der Waals surface area contributed by atoms with Gasteiger partial charge in [-0.05, 0) is 52.4 Å².